The van der Waals surface area contributed by atoms with Crippen LogP contribution in [-0.4, -0.2) is 50.3 Å². The zero-order valence-corrected chi connectivity index (χ0v) is 14.4. The van der Waals surface area contributed by atoms with E-state index in [9.17, 15) is 9.59 Å². The summed E-state index contributed by atoms with van der Waals surface area (Å²) in [5.74, 6) is 0.923. The molecule has 0 unspecified atom stereocenters. The van der Waals surface area contributed by atoms with Crippen LogP contribution in [0.2, 0.25) is 0 Å². The normalized spacial score (nSPS) is 33.0. The SMILES string of the molecule is COC(=O)[C@]12C[C@@H]3CNC[C@@H]3[C@H]1CN(C(=O)OCc1ccccc1)C2. The van der Waals surface area contributed by atoms with Crippen LogP contribution in [0.5, 0.6) is 0 Å². The monoisotopic (exact) mass is 344 g/mol. The largest absolute Gasteiger partial charge is 0.469 e. The second-order valence-corrected chi connectivity index (χ2v) is 7.46. The second kappa shape index (κ2) is 6.33. The van der Waals surface area contributed by atoms with Crippen molar-refractivity contribution in [1.82, 2.24) is 10.2 Å². The maximum Gasteiger partial charge on any atom is 0.410 e. The van der Waals surface area contributed by atoms with Gasteiger partial charge in [-0.15, -0.1) is 0 Å². The van der Waals surface area contributed by atoms with Crippen LogP contribution in [0.3, 0.4) is 0 Å². The number of hydrogen-bond acceptors (Lipinski definition) is 5. The van der Waals surface area contributed by atoms with Crippen LogP contribution in [-0.2, 0) is 20.9 Å². The first kappa shape index (κ1) is 16.4. The molecule has 6 nitrogen and oxygen atoms in total. The summed E-state index contributed by atoms with van der Waals surface area (Å²) >= 11 is 0. The molecule has 1 aliphatic carbocycles. The molecule has 1 aromatic rings. The van der Waals surface area contributed by atoms with Gasteiger partial charge in [-0.3, -0.25) is 4.79 Å². The molecule has 0 bridgehead atoms. The number of carbonyl (C=O) groups is 2. The Kier molecular flexibility index (Phi) is 4.15. The Hall–Kier alpha value is -2.08. The van der Waals surface area contributed by atoms with Crippen molar-refractivity contribution < 1.29 is 19.1 Å². The molecule has 1 amide bonds. The molecule has 3 aliphatic rings. The van der Waals surface area contributed by atoms with Crippen molar-refractivity contribution in [3.63, 3.8) is 0 Å². The number of methoxy groups -OCH3 is 1. The minimum Gasteiger partial charge on any atom is -0.469 e. The number of ether oxygens (including phenoxy) is 2. The van der Waals surface area contributed by atoms with Crippen molar-refractivity contribution in [3.8, 4) is 0 Å². The van der Waals surface area contributed by atoms with E-state index in [2.05, 4.69) is 5.32 Å². The third-order valence-electron chi connectivity index (χ3n) is 6.19. The average Bonchev–Trinajstić information content (AvgIpc) is 3.30. The maximum atomic E-state index is 12.6. The first-order valence-corrected chi connectivity index (χ1v) is 8.89. The van der Waals surface area contributed by atoms with Gasteiger partial charge in [0.2, 0.25) is 0 Å². The van der Waals surface area contributed by atoms with Crippen molar-refractivity contribution in [3.05, 3.63) is 35.9 Å². The molecule has 0 aromatic heterocycles. The molecule has 2 heterocycles. The molecular weight excluding hydrogens is 320 g/mol. The highest BCUT2D eigenvalue weighted by molar-refractivity contribution is 5.80. The van der Waals surface area contributed by atoms with E-state index in [1.54, 1.807) is 4.90 Å². The standard InChI is InChI=1S/C19H24N2O4/c1-24-17(22)19-7-14-8-20-9-15(14)16(19)10-21(12-19)18(23)25-11-13-5-3-2-4-6-13/h2-6,14-16,20H,7-12H2,1H3/t14-,15+,16-,19+/m1/s1. The van der Waals surface area contributed by atoms with Gasteiger partial charge in [-0.05, 0) is 42.8 Å². The van der Waals surface area contributed by atoms with Crippen LogP contribution in [0.1, 0.15) is 12.0 Å². The van der Waals surface area contributed by atoms with E-state index in [1.165, 1.54) is 7.11 Å². The third-order valence-corrected chi connectivity index (χ3v) is 6.19. The number of fused-ring (bicyclic) bond motifs is 3. The third kappa shape index (κ3) is 2.68. The zero-order chi connectivity index (χ0) is 17.4. The Balaban J connectivity index is 1.46. The van der Waals surface area contributed by atoms with E-state index in [1.807, 2.05) is 30.3 Å². The quantitative estimate of drug-likeness (QED) is 0.845. The number of benzene rings is 1. The molecular formula is C19H24N2O4. The van der Waals surface area contributed by atoms with Gasteiger partial charge in [-0.25, -0.2) is 4.79 Å². The molecule has 2 saturated heterocycles. The summed E-state index contributed by atoms with van der Waals surface area (Å²) in [5, 5.41) is 3.41. The van der Waals surface area contributed by atoms with Crippen molar-refractivity contribution in [2.45, 2.75) is 13.0 Å². The molecule has 4 rings (SSSR count). The van der Waals surface area contributed by atoms with Gasteiger partial charge in [-0.2, -0.15) is 0 Å². The first-order valence-electron chi connectivity index (χ1n) is 8.89. The fraction of sp³-hybridized carbons (Fsp3) is 0.579. The molecule has 0 spiro atoms. The molecule has 0 radical (unpaired) electrons. The predicted molar refractivity (Wildman–Crippen MR) is 90.6 cm³/mol. The Morgan fingerprint density at radius 1 is 1.28 bits per heavy atom. The van der Waals surface area contributed by atoms with E-state index in [4.69, 9.17) is 9.47 Å². The van der Waals surface area contributed by atoms with Crippen LogP contribution < -0.4 is 5.32 Å². The lowest BCUT2D eigenvalue weighted by Gasteiger charge is -2.27. The highest BCUT2D eigenvalue weighted by atomic mass is 16.6. The van der Waals surface area contributed by atoms with Crippen molar-refractivity contribution in [2.75, 3.05) is 33.3 Å². The second-order valence-electron chi connectivity index (χ2n) is 7.46. The molecule has 3 fully saturated rings. The molecule has 1 N–H and O–H groups in total. The molecule has 134 valence electrons. The van der Waals surface area contributed by atoms with Crippen LogP contribution in [0, 0.1) is 23.2 Å². The Labute approximate surface area is 147 Å². The van der Waals surface area contributed by atoms with Gasteiger partial charge in [0, 0.05) is 13.1 Å². The van der Waals surface area contributed by atoms with E-state index in [0.717, 1.165) is 25.1 Å². The summed E-state index contributed by atoms with van der Waals surface area (Å²) in [6.07, 6.45) is 0.453. The Bertz CT molecular complexity index is 665. The number of carbonyl (C=O) groups excluding carboxylic acids is 2. The van der Waals surface area contributed by atoms with E-state index < -0.39 is 5.41 Å². The summed E-state index contributed by atoms with van der Waals surface area (Å²) in [5.41, 5.74) is 0.399. The lowest BCUT2D eigenvalue weighted by molar-refractivity contribution is -0.153. The van der Waals surface area contributed by atoms with Crippen LogP contribution >= 0.6 is 0 Å². The fourth-order valence-corrected chi connectivity index (χ4v) is 5.06. The Morgan fingerprint density at radius 3 is 2.84 bits per heavy atom. The molecule has 1 saturated carbocycles. The number of nitrogens with one attached hydrogen (secondary N) is 1. The zero-order valence-electron chi connectivity index (χ0n) is 14.4. The van der Waals surface area contributed by atoms with Gasteiger partial charge in [0.25, 0.3) is 0 Å². The van der Waals surface area contributed by atoms with Gasteiger partial charge in [0.15, 0.2) is 0 Å². The molecule has 2 aliphatic heterocycles. The minimum absolute atomic E-state index is 0.157. The van der Waals surface area contributed by atoms with Crippen LogP contribution in [0.25, 0.3) is 0 Å². The van der Waals surface area contributed by atoms with Gasteiger partial charge < -0.3 is 19.7 Å². The van der Waals surface area contributed by atoms with E-state index in [-0.39, 0.29) is 24.6 Å². The smallest absolute Gasteiger partial charge is 0.410 e. The summed E-state index contributed by atoms with van der Waals surface area (Å²) < 4.78 is 10.6. The summed E-state index contributed by atoms with van der Waals surface area (Å²) in [4.78, 5) is 26.8. The number of nitrogens with zero attached hydrogens (tertiary/aromatic N) is 1. The molecule has 4 atom stereocenters. The average molecular weight is 344 g/mol. The fourth-order valence-electron chi connectivity index (χ4n) is 5.06. The van der Waals surface area contributed by atoms with Crippen molar-refractivity contribution in [2.24, 2.45) is 23.2 Å². The van der Waals surface area contributed by atoms with Crippen molar-refractivity contribution >= 4 is 12.1 Å². The molecule has 6 heteroatoms. The number of esters is 1. The topological polar surface area (TPSA) is 67.9 Å². The molecule has 1 aromatic carbocycles. The van der Waals surface area contributed by atoms with Gasteiger partial charge in [0.05, 0.1) is 12.5 Å². The predicted octanol–water partition coefficient (Wildman–Crippen LogP) is 1.65. The highest BCUT2D eigenvalue weighted by Gasteiger charge is 2.64. The minimum atomic E-state index is -0.558. The summed E-state index contributed by atoms with van der Waals surface area (Å²) in [6.45, 7) is 3.11. The summed E-state index contributed by atoms with van der Waals surface area (Å²) in [7, 11) is 1.44. The van der Waals surface area contributed by atoms with Crippen molar-refractivity contribution in [1.29, 1.82) is 0 Å². The van der Waals surface area contributed by atoms with Crippen LogP contribution in [0.4, 0.5) is 4.79 Å². The number of amides is 1. The van der Waals surface area contributed by atoms with Crippen LogP contribution in [0.15, 0.2) is 30.3 Å². The number of rotatable bonds is 3. The van der Waals surface area contributed by atoms with Gasteiger partial charge in [-0.1, -0.05) is 30.3 Å². The maximum absolute atomic E-state index is 12.6. The Morgan fingerprint density at radius 2 is 2.08 bits per heavy atom. The van der Waals surface area contributed by atoms with Gasteiger partial charge >= 0.3 is 12.1 Å². The van der Waals surface area contributed by atoms with Gasteiger partial charge in [0.1, 0.15) is 6.61 Å². The summed E-state index contributed by atoms with van der Waals surface area (Å²) in [6, 6.07) is 9.62. The van der Waals surface area contributed by atoms with E-state index in [0.29, 0.717) is 24.9 Å². The number of hydrogen-bond donors (Lipinski definition) is 1. The number of likely N-dealkylation sites (tertiary alicyclic amines) is 1. The lowest BCUT2D eigenvalue weighted by Crippen LogP contribution is -2.40. The first-order chi connectivity index (χ1) is 12.1. The van der Waals surface area contributed by atoms with E-state index >= 15 is 0 Å². The lowest BCUT2D eigenvalue weighted by atomic mass is 9.78. The molecule has 25 heavy (non-hydrogen) atoms. The highest BCUT2D eigenvalue weighted by Crippen LogP contribution is 2.56.